The van der Waals surface area contributed by atoms with E-state index in [-0.39, 0.29) is 29.0 Å². The lowest BCUT2D eigenvalue weighted by Crippen LogP contribution is -2.45. The van der Waals surface area contributed by atoms with Gasteiger partial charge in [-0.3, -0.25) is 4.90 Å². The van der Waals surface area contributed by atoms with Gasteiger partial charge in [0.05, 0.1) is 12.7 Å². The number of aliphatic imine (C=N–C) groups is 1. The van der Waals surface area contributed by atoms with Crippen molar-refractivity contribution in [3.05, 3.63) is 34.9 Å². The first-order valence-corrected chi connectivity index (χ1v) is 8.95. The zero-order chi connectivity index (χ0) is 18.8. The van der Waals surface area contributed by atoms with Crippen LogP contribution in [-0.2, 0) is 4.74 Å². The van der Waals surface area contributed by atoms with Crippen molar-refractivity contribution >= 4 is 11.9 Å². The van der Waals surface area contributed by atoms with Crippen LogP contribution in [0, 0.1) is 35.8 Å². The van der Waals surface area contributed by atoms with E-state index in [1.807, 2.05) is 0 Å². The van der Waals surface area contributed by atoms with Gasteiger partial charge < -0.3 is 20.9 Å². The molecule has 1 aromatic rings. The Balaban J connectivity index is 1.74. The van der Waals surface area contributed by atoms with Crippen LogP contribution in [0.1, 0.15) is 23.7 Å². The topological polar surface area (TPSA) is 74.7 Å². The minimum atomic E-state index is -0.540. The van der Waals surface area contributed by atoms with Crippen LogP contribution < -0.4 is 5.73 Å². The Labute approximate surface area is 152 Å². The highest BCUT2D eigenvalue weighted by molar-refractivity contribution is 5.99. The van der Waals surface area contributed by atoms with Crippen molar-refractivity contribution in [2.45, 2.75) is 25.5 Å². The van der Waals surface area contributed by atoms with E-state index in [0.717, 1.165) is 13.0 Å². The maximum absolute atomic E-state index is 14.4. The van der Waals surface area contributed by atoms with Crippen LogP contribution in [-0.4, -0.2) is 56.2 Å². The highest BCUT2D eigenvalue weighted by atomic mass is 19.1. The van der Waals surface area contributed by atoms with Crippen molar-refractivity contribution in [3.8, 4) is 0 Å². The number of ether oxygens (including phenoxy) is 1. The van der Waals surface area contributed by atoms with Gasteiger partial charge in [0.1, 0.15) is 11.6 Å². The fourth-order valence-corrected chi connectivity index (χ4v) is 3.95. The second kappa shape index (κ2) is 7.90. The summed E-state index contributed by atoms with van der Waals surface area (Å²) < 4.78 is 34.3. The molecule has 0 radical (unpaired) electrons. The highest BCUT2D eigenvalue weighted by Crippen LogP contribution is 2.37. The first-order valence-electron chi connectivity index (χ1n) is 8.95. The van der Waals surface area contributed by atoms with Gasteiger partial charge in [-0.25, -0.2) is 8.78 Å². The number of nitrogens with two attached hydrogens (primary N) is 1. The number of aryl methyl sites for hydroxylation is 1. The molecule has 2 saturated heterocycles. The number of hydrogen-bond donors (Lipinski definition) is 2. The first-order chi connectivity index (χ1) is 12.4. The molecule has 26 heavy (non-hydrogen) atoms. The van der Waals surface area contributed by atoms with Gasteiger partial charge in [0, 0.05) is 55.5 Å². The molecule has 1 aromatic carbocycles. The summed E-state index contributed by atoms with van der Waals surface area (Å²) in [6.07, 6.45) is 2.00. The van der Waals surface area contributed by atoms with Crippen molar-refractivity contribution in [3.63, 3.8) is 0 Å². The second-order valence-corrected chi connectivity index (χ2v) is 7.23. The smallest absolute Gasteiger partial charge is 0.129 e. The molecule has 5 nitrogen and oxygen atoms in total. The van der Waals surface area contributed by atoms with Gasteiger partial charge >= 0.3 is 0 Å². The lowest BCUT2D eigenvalue weighted by atomic mass is 9.86. The van der Waals surface area contributed by atoms with Gasteiger partial charge in [0.25, 0.3) is 0 Å². The van der Waals surface area contributed by atoms with Crippen molar-refractivity contribution < 1.29 is 13.5 Å². The van der Waals surface area contributed by atoms with Crippen molar-refractivity contribution in [2.75, 3.05) is 33.3 Å². The molecule has 0 bridgehead atoms. The summed E-state index contributed by atoms with van der Waals surface area (Å²) in [6, 6.07) is 2.57. The van der Waals surface area contributed by atoms with Gasteiger partial charge in [0.15, 0.2) is 0 Å². The fourth-order valence-electron chi connectivity index (χ4n) is 3.95. The maximum Gasteiger partial charge on any atom is 0.129 e. The molecule has 2 fully saturated rings. The molecule has 0 amide bonds. The molecule has 142 valence electrons. The molecule has 2 aliphatic rings. The normalized spacial score (nSPS) is 30.4. The van der Waals surface area contributed by atoms with Crippen LogP contribution in [0.2, 0.25) is 0 Å². The minimum absolute atomic E-state index is 0.0395. The third kappa shape index (κ3) is 3.70. The van der Waals surface area contributed by atoms with Crippen LogP contribution in [0.3, 0.4) is 0 Å². The van der Waals surface area contributed by atoms with Gasteiger partial charge in [-0.2, -0.15) is 0 Å². The Morgan fingerprint density at radius 3 is 2.85 bits per heavy atom. The lowest BCUT2D eigenvalue weighted by Gasteiger charge is -2.39. The molecule has 0 spiro atoms. The standard InChI is InChI=1S/C19H26F2N4O/c1-11-3-17(21)15(5-16(11)20)19-12(6-22)4-14(10-26-19)25-8-13(7-24-2)18(23)9-25/h3,5,7,12-14,19,23H,4,6,8-10,22H2,1-2H3. The predicted octanol–water partition coefficient (Wildman–Crippen LogP) is 2.33. The summed E-state index contributed by atoms with van der Waals surface area (Å²) >= 11 is 0. The number of nitrogens with zero attached hydrogens (tertiary/aromatic N) is 2. The van der Waals surface area contributed by atoms with Crippen LogP contribution in [0.15, 0.2) is 17.1 Å². The van der Waals surface area contributed by atoms with E-state index in [2.05, 4.69) is 9.89 Å². The Bertz CT molecular complexity index is 709. The SMILES string of the molecule is CN=CC1CN(C2COC(c3cc(F)c(C)cc3F)C(CN)C2)CC1=N. The summed E-state index contributed by atoms with van der Waals surface area (Å²) in [5.74, 6) is -0.943. The zero-order valence-electron chi connectivity index (χ0n) is 15.2. The van der Waals surface area contributed by atoms with E-state index in [1.165, 1.54) is 12.1 Å². The molecule has 2 aliphatic heterocycles. The second-order valence-electron chi connectivity index (χ2n) is 7.23. The molecule has 0 aromatic heterocycles. The third-order valence-corrected chi connectivity index (χ3v) is 5.46. The average molecular weight is 364 g/mol. The number of nitrogens with one attached hydrogen (secondary N) is 1. The zero-order valence-corrected chi connectivity index (χ0v) is 15.2. The molecule has 4 atom stereocenters. The first kappa shape index (κ1) is 19.1. The molecule has 0 aliphatic carbocycles. The minimum Gasteiger partial charge on any atom is -0.371 e. The van der Waals surface area contributed by atoms with Crippen LogP contribution >= 0.6 is 0 Å². The molecule has 7 heteroatoms. The molecule has 2 heterocycles. The molecule has 0 saturated carbocycles. The van der Waals surface area contributed by atoms with E-state index in [9.17, 15) is 8.78 Å². The monoisotopic (exact) mass is 364 g/mol. The van der Waals surface area contributed by atoms with Gasteiger partial charge in [-0.1, -0.05) is 0 Å². The number of rotatable bonds is 4. The van der Waals surface area contributed by atoms with E-state index >= 15 is 0 Å². The molecule has 3 rings (SSSR count). The Hall–Kier alpha value is -1.70. The molecular formula is C19H26F2N4O. The van der Waals surface area contributed by atoms with Gasteiger partial charge in [-0.15, -0.1) is 0 Å². The van der Waals surface area contributed by atoms with Gasteiger partial charge in [0.2, 0.25) is 0 Å². The van der Waals surface area contributed by atoms with E-state index < -0.39 is 17.7 Å². The number of hydrogen-bond acceptors (Lipinski definition) is 5. The third-order valence-electron chi connectivity index (χ3n) is 5.46. The van der Waals surface area contributed by atoms with Crippen molar-refractivity contribution in [1.82, 2.24) is 4.90 Å². The summed E-state index contributed by atoms with van der Waals surface area (Å²) in [5, 5.41) is 8.11. The Morgan fingerprint density at radius 1 is 1.38 bits per heavy atom. The Morgan fingerprint density at radius 2 is 2.15 bits per heavy atom. The van der Waals surface area contributed by atoms with Crippen molar-refractivity contribution in [2.24, 2.45) is 22.6 Å². The van der Waals surface area contributed by atoms with Gasteiger partial charge in [-0.05, 0) is 37.6 Å². The average Bonchev–Trinajstić information content (AvgIpc) is 2.99. The number of benzene rings is 1. The Kier molecular flexibility index (Phi) is 5.79. The number of likely N-dealkylation sites (tertiary alicyclic amines) is 1. The van der Waals surface area contributed by atoms with Crippen LogP contribution in [0.4, 0.5) is 8.78 Å². The summed E-state index contributed by atoms with van der Waals surface area (Å²) in [4.78, 5) is 6.24. The van der Waals surface area contributed by atoms with E-state index in [1.54, 1.807) is 20.2 Å². The molecule has 3 N–H and O–H groups in total. The van der Waals surface area contributed by atoms with E-state index in [4.69, 9.17) is 15.9 Å². The summed E-state index contributed by atoms with van der Waals surface area (Å²) in [6.45, 7) is 3.61. The van der Waals surface area contributed by atoms with Crippen LogP contribution in [0.5, 0.6) is 0 Å². The summed E-state index contributed by atoms with van der Waals surface area (Å²) in [7, 11) is 1.71. The maximum atomic E-state index is 14.4. The number of halogens is 2. The predicted molar refractivity (Wildman–Crippen MR) is 97.9 cm³/mol. The van der Waals surface area contributed by atoms with E-state index in [0.29, 0.717) is 25.4 Å². The molecular weight excluding hydrogens is 338 g/mol. The molecule has 4 unspecified atom stereocenters. The summed E-state index contributed by atoms with van der Waals surface area (Å²) in [5.41, 5.74) is 7.10. The fraction of sp³-hybridized carbons (Fsp3) is 0.579. The lowest BCUT2D eigenvalue weighted by molar-refractivity contribution is -0.0687. The highest BCUT2D eigenvalue weighted by Gasteiger charge is 2.39. The largest absolute Gasteiger partial charge is 0.371 e. The van der Waals surface area contributed by atoms with Crippen LogP contribution in [0.25, 0.3) is 0 Å². The van der Waals surface area contributed by atoms with Crippen molar-refractivity contribution in [1.29, 1.82) is 5.41 Å². The quantitative estimate of drug-likeness (QED) is 0.805.